The summed E-state index contributed by atoms with van der Waals surface area (Å²) in [5, 5.41) is 3.39. The minimum absolute atomic E-state index is 0.0209. The topological polar surface area (TPSA) is 49.4 Å². The lowest BCUT2D eigenvalue weighted by Gasteiger charge is -2.23. The second kappa shape index (κ2) is 8.02. The van der Waals surface area contributed by atoms with Crippen LogP contribution in [-0.4, -0.2) is 42.8 Å². The fourth-order valence-electron chi connectivity index (χ4n) is 1.74. The zero-order chi connectivity index (χ0) is 15.1. The van der Waals surface area contributed by atoms with Crippen LogP contribution in [0.5, 0.6) is 0 Å². The molecule has 1 unspecified atom stereocenters. The maximum Gasteiger partial charge on any atom is 0.234 e. The van der Waals surface area contributed by atoms with Gasteiger partial charge in [0, 0.05) is 17.1 Å². The number of hydrogen-bond donors (Lipinski definition) is 1. The Hall–Kier alpha value is -1.39. The molecule has 0 spiro atoms. The molecule has 5 heteroatoms. The molecule has 1 atom stereocenters. The number of carbonyl (C=O) groups excluding carboxylic acids is 2. The Kier molecular flexibility index (Phi) is 6.68. The molecule has 110 valence electrons. The van der Waals surface area contributed by atoms with Gasteiger partial charge in [0.25, 0.3) is 0 Å². The van der Waals surface area contributed by atoms with Gasteiger partial charge < -0.3 is 5.32 Å². The van der Waals surface area contributed by atoms with E-state index >= 15 is 0 Å². The van der Waals surface area contributed by atoms with Crippen LogP contribution in [0.4, 0.5) is 0 Å². The molecular formula is C15H21ClN2O2. The first-order valence-corrected chi connectivity index (χ1v) is 7.10. The van der Waals surface area contributed by atoms with E-state index in [1.165, 1.54) is 0 Å². The van der Waals surface area contributed by atoms with Crippen molar-refractivity contribution in [1.29, 1.82) is 0 Å². The Labute approximate surface area is 125 Å². The van der Waals surface area contributed by atoms with Crippen LogP contribution in [0.3, 0.4) is 0 Å². The molecule has 0 aliphatic carbocycles. The molecule has 0 saturated carbocycles. The largest absolute Gasteiger partial charge is 0.355 e. The molecule has 0 bridgehead atoms. The third kappa shape index (κ3) is 4.94. The summed E-state index contributed by atoms with van der Waals surface area (Å²) in [5.74, 6) is -0.0856. The lowest BCUT2D eigenvalue weighted by molar-refractivity contribution is -0.122. The lowest BCUT2D eigenvalue weighted by Crippen LogP contribution is -2.43. The molecule has 0 aromatic heterocycles. The summed E-state index contributed by atoms with van der Waals surface area (Å²) < 4.78 is 0. The summed E-state index contributed by atoms with van der Waals surface area (Å²) in [6, 6.07) is 6.42. The number of likely N-dealkylation sites (N-methyl/N-ethyl adjacent to an activating group) is 1. The number of Topliss-reactive ketones (excluding diaryl/α,β-unsaturated/α-hetero) is 1. The van der Waals surface area contributed by atoms with Gasteiger partial charge >= 0.3 is 0 Å². The number of amides is 1. The van der Waals surface area contributed by atoms with E-state index in [0.717, 1.165) is 6.42 Å². The number of benzene rings is 1. The molecule has 1 aromatic rings. The van der Waals surface area contributed by atoms with Crippen molar-refractivity contribution in [2.75, 3.05) is 20.1 Å². The Morgan fingerprint density at radius 2 is 1.90 bits per heavy atom. The molecule has 1 rings (SSSR count). The molecular weight excluding hydrogens is 276 g/mol. The highest BCUT2D eigenvalue weighted by atomic mass is 35.5. The van der Waals surface area contributed by atoms with Crippen molar-refractivity contribution in [2.24, 2.45) is 0 Å². The van der Waals surface area contributed by atoms with E-state index in [1.807, 2.05) is 6.92 Å². The predicted molar refractivity (Wildman–Crippen MR) is 81.2 cm³/mol. The molecule has 0 fully saturated rings. The van der Waals surface area contributed by atoms with Gasteiger partial charge in [0.05, 0.1) is 12.6 Å². The molecule has 1 N–H and O–H groups in total. The van der Waals surface area contributed by atoms with Gasteiger partial charge in [-0.1, -0.05) is 18.5 Å². The first kappa shape index (κ1) is 16.7. The van der Waals surface area contributed by atoms with Crippen molar-refractivity contribution >= 4 is 23.3 Å². The van der Waals surface area contributed by atoms with E-state index in [0.29, 0.717) is 17.1 Å². The fraction of sp³-hybridized carbons (Fsp3) is 0.467. The van der Waals surface area contributed by atoms with E-state index in [-0.39, 0.29) is 24.3 Å². The van der Waals surface area contributed by atoms with E-state index in [1.54, 1.807) is 43.1 Å². The molecule has 0 radical (unpaired) electrons. The highest BCUT2D eigenvalue weighted by Crippen LogP contribution is 2.12. The number of hydrogen-bond acceptors (Lipinski definition) is 3. The van der Waals surface area contributed by atoms with E-state index < -0.39 is 0 Å². The van der Waals surface area contributed by atoms with Gasteiger partial charge in [-0.3, -0.25) is 14.5 Å². The van der Waals surface area contributed by atoms with Crippen LogP contribution in [0.25, 0.3) is 0 Å². The Morgan fingerprint density at radius 1 is 1.30 bits per heavy atom. The summed E-state index contributed by atoms with van der Waals surface area (Å²) in [4.78, 5) is 25.7. The normalized spacial score (nSPS) is 12.2. The molecule has 1 amide bonds. The van der Waals surface area contributed by atoms with Crippen molar-refractivity contribution in [3.8, 4) is 0 Å². The van der Waals surface area contributed by atoms with Gasteiger partial charge in [-0.15, -0.1) is 0 Å². The van der Waals surface area contributed by atoms with Crippen molar-refractivity contribution < 1.29 is 9.59 Å². The lowest BCUT2D eigenvalue weighted by atomic mass is 10.0. The summed E-state index contributed by atoms with van der Waals surface area (Å²) >= 11 is 5.80. The smallest absolute Gasteiger partial charge is 0.234 e. The van der Waals surface area contributed by atoms with Gasteiger partial charge in [-0.25, -0.2) is 0 Å². The van der Waals surface area contributed by atoms with Crippen molar-refractivity contribution in [2.45, 2.75) is 26.3 Å². The van der Waals surface area contributed by atoms with Crippen LogP contribution in [0.2, 0.25) is 5.02 Å². The number of ketones is 1. The maximum absolute atomic E-state index is 12.3. The third-order valence-corrected chi connectivity index (χ3v) is 3.39. The molecule has 20 heavy (non-hydrogen) atoms. The zero-order valence-electron chi connectivity index (χ0n) is 12.1. The third-order valence-electron chi connectivity index (χ3n) is 3.13. The highest BCUT2D eigenvalue weighted by molar-refractivity contribution is 6.30. The molecule has 0 aliphatic rings. The molecule has 1 aromatic carbocycles. The number of nitrogens with zero attached hydrogens (tertiary/aromatic N) is 1. The SMILES string of the molecule is CCCNC(=O)CN(C)C(C)C(=O)c1ccc(Cl)cc1. The summed E-state index contributed by atoms with van der Waals surface area (Å²) in [6.45, 7) is 4.66. The maximum atomic E-state index is 12.3. The van der Waals surface area contributed by atoms with Crippen LogP contribution in [0.15, 0.2) is 24.3 Å². The molecule has 0 saturated heterocycles. The number of halogens is 1. The quantitative estimate of drug-likeness (QED) is 0.786. The standard InChI is InChI=1S/C15H21ClN2O2/c1-4-9-17-14(19)10-18(3)11(2)15(20)12-5-7-13(16)8-6-12/h5-8,11H,4,9-10H2,1-3H3,(H,17,19). The van der Waals surface area contributed by atoms with E-state index in [9.17, 15) is 9.59 Å². The Morgan fingerprint density at radius 3 is 2.45 bits per heavy atom. The van der Waals surface area contributed by atoms with Gasteiger partial charge in [0.1, 0.15) is 0 Å². The van der Waals surface area contributed by atoms with Crippen LogP contribution in [0.1, 0.15) is 30.6 Å². The minimum Gasteiger partial charge on any atom is -0.355 e. The summed E-state index contributed by atoms with van der Waals surface area (Å²) in [6.07, 6.45) is 0.898. The Bertz CT molecular complexity index is 459. The number of rotatable bonds is 7. The second-order valence-electron chi connectivity index (χ2n) is 4.81. The summed E-state index contributed by atoms with van der Waals surface area (Å²) in [5.41, 5.74) is 0.600. The molecule has 0 aliphatic heterocycles. The van der Waals surface area contributed by atoms with Gasteiger partial charge in [0.15, 0.2) is 5.78 Å². The second-order valence-corrected chi connectivity index (χ2v) is 5.25. The minimum atomic E-state index is -0.358. The summed E-state index contributed by atoms with van der Waals surface area (Å²) in [7, 11) is 1.77. The average Bonchev–Trinajstić information content (AvgIpc) is 2.44. The van der Waals surface area contributed by atoms with Crippen LogP contribution in [-0.2, 0) is 4.79 Å². The van der Waals surface area contributed by atoms with Crippen LogP contribution in [0, 0.1) is 0 Å². The van der Waals surface area contributed by atoms with E-state index in [2.05, 4.69) is 5.32 Å². The number of carbonyl (C=O) groups is 2. The van der Waals surface area contributed by atoms with Crippen molar-refractivity contribution in [1.82, 2.24) is 10.2 Å². The van der Waals surface area contributed by atoms with Gasteiger partial charge in [-0.2, -0.15) is 0 Å². The highest BCUT2D eigenvalue weighted by Gasteiger charge is 2.21. The fourth-order valence-corrected chi connectivity index (χ4v) is 1.87. The first-order chi connectivity index (χ1) is 9.45. The van der Waals surface area contributed by atoms with Gasteiger partial charge in [-0.05, 0) is 44.7 Å². The van der Waals surface area contributed by atoms with Crippen LogP contribution >= 0.6 is 11.6 Å². The molecule has 0 heterocycles. The number of nitrogens with one attached hydrogen (secondary N) is 1. The molecule has 4 nitrogen and oxygen atoms in total. The first-order valence-electron chi connectivity index (χ1n) is 6.72. The van der Waals surface area contributed by atoms with Crippen LogP contribution < -0.4 is 5.32 Å². The monoisotopic (exact) mass is 296 g/mol. The van der Waals surface area contributed by atoms with Gasteiger partial charge in [0.2, 0.25) is 5.91 Å². The van der Waals surface area contributed by atoms with E-state index in [4.69, 9.17) is 11.6 Å². The van der Waals surface area contributed by atoms with Crippen molar-refractivity contribution in [3.63, 3.8) is 0 Å². The predicted octanol–water partition coefficient (Wildman–Crippen LogP) is 2.37. The average molecular weight is 297 g/mol. The zero-order valence-corrected chi connectivity index (χ0v) is 12.9. The Balaban J connectivity index is 2.59. The van der Waals surface area contributed by atoms with Crippen molar-refractivity contribution in [3.05, 3.63) is 34.9 Å².